The number of aromatic nitrogens is 2. The van der Waals surface area contributed by atoms with E-state index in [0.29, 0.717) is 6.42 Å². The quantitative estimate of drug-likeness (QED) is 0.544. The molecule has 0 bridgehead atoms. The molecule has 3 rings (SSSR count). The molecule has 0 aliphatic carbocycles. The van der Waals surface area contributed by atoms with Crippen molar-refractivity contribution in [3.05, 3.63) is 53.3 Å². The number of ketones is 1. The van der Waals surface area contributed by atoms with Gasteiger partial charge in [0, 0.05) is 28.2 Å². The van der Waals surface area contributed by atoms with Gasteiger partial charge in [-0.2, -0.15) is 0 Å². The van der Waals surface area contributed by atoms with Crippen LogP contribution < -0.4 is 0 Å². The van der Waals surface area contributed by atoms with Crippen molar-refractivity contribution in [2.24, 2.45) is 0 Å². The van der Waals surface area contributed by atoms with Crippen LogP contribution in [0.5, 0.6) is 0 Å². The predicted molar refractivity (Wildman–Crippen MR) is 79.3 cm³/mol. The number of rotatable bonds is 4. The summed E-state index contributed by atoms with van der Waals surface area (Å²) in [6, 6.07) is 7.71. The zero-order valence-electron chi connectivity index (χ0n) is 10.4. The smallest absolute Gasteiger partial charge is 0.193 e. The molecule has 0 spiro atoms. The topological polar surface area (TPSA) is 34.4 Å². The molecular weight excluding hydrogens is 276 g/mol. The van der Waals surface area contributed by atoms with Gasteiger partial charge in [0.25, 0.3) is 0 Å². The lowest BCUT2D eigenvalue weighted by atomic mass is 10.1. The van der Waals surface area contributed by atoms with Crippen LogP contribution in [0.25, 0.3) is 4.96 Å². The van der Waals surface area contributed by atoms with E-state index in [-0.39, 0.29) is 5.78 Å². The second-order valence-corrected chi connectivity index (χ2v) is 5.85. The maximum absolute atomic E-state index is 12.3. The summed E-state index contributed by atoms with van der Waals surface area (Å²) in [6.07, 6.45) is 6.22. The first kappa shape index (κ1) is 12.4. The molecule has 96 valence electrons. The number of carbonyl (C=O) groups is 1. The SMILES string of the molecule is CSc1ccccc1C(=O)Cc1cn2ccsc2n1. The van der Waals surface area contributed by atoms with E-state index < -0.39 is 0 Å². The lowest BCUT2D eigenvalue weighted by Gasteiger charge is -2.04. The van der Waals surface area contributed by atoms with E-state index in [4.69, 9.17) is 0 Å². The van der Waals surface area contributed by atoms with Gasteiger partial charge in [0.15, 0.2) is 10.7 Å². The van der Waals surface area contributed by atoms with Crippen LogP contribution in [0.4, 0.5) is 0 Å². The second-order valence-electron chi connectivity index (χ2n) is 4.13. The number of fused-ring (bicyclic) bond motifs is 1. The van der Waals surface area contributed by atoms with Crippen LogP contribution in [0.1, 0.15) is 16.1 Å². The van der Waals surface area contributed by atoms with Gasteiger partial charge < -0.3 is 0 Å². The molecule has 5 heteroatoms. The molecule has 0 N–H and O–H groups in total. The van der Waals surface area contributed by atoms with Gasteiger partial charge >= 0.3 is 0 Å². The molecule has 0 atom stereocenters. The van der Waals surface area contributed by atoms with Crippen molar-refractivity contribution in [1.29, 1.82) is 0 Å². The van der Waals surface area contributed by atoms with Gasteiger partial charge in [-0.3, -0.25) is 9.20 Å². The van der Waals surface area contributed by atoms with Crippen LogP contribution in [-0.2, 0) is 6.42 Å². The number of Topliss-reactive ketones (excluding diaryl/α,β-unsaturated/α-hetero) is 1. The summed E-state index contributed by atoms with van der Waals surface area (Å²) in [7, 11) is 0. The Morgan fingerprint density at radius 3 is 3.05 bits per heavy atom. The molecule has 0 aliphatic rings. The molecule has 3 aromatic rings. The van der Waals surface area contributed by atoms with Gasteiger partial charge in [-0.05, 0) is 12.3 Å². The molecule has 0 fully saturated rings. The minimum Gasteiger partial charge on any atom is -0.297 e. The Bertz CT molecular complexity index is 701. The highest BCUT2D eigenvalue weighted by atomic mass is 32.2. The molecular formula is C14H12N2OS2. The fraction of sp³-hybridized carbons (Fsp3) is 0.143. The Morgan fingerprint density at radius 2 is 2.26 bits per heavy atom. The zero-order valence-corrected chi connectivity index (χ0v) is 12.0. The number of benzene rings is 1. The maximum Gasteiger partial charge on any atom is 0.193 e. The Balaban J connectivity index is 1.86. The van der Waals surface area contributed by atoms with Crippen LogP contribution >= 0.6 is 23.1 Å². The number of thioether (sulfide) groups is 1. The Kier molecular flexibility index (Phi) is 3.40. The maximum atomic E-state index is 12.3. The summed E-state index contributed by atoms with van der Waals surface area (Å²) in [5.74, 6) is 0.121. The Hall–Kier alpha value is -1.59. The average Bonchev–Trinajstić information content (AvgIpc) is 2.99. The van der Waals surface area contributed by atoms with Crippen molar-refractivity contribution in [3.8, 4) is 0 Å². The van der Waals surface area contributed by atoms with Gasteiger partial charge in [0.2, 0.25) is 0 Å². The molecule has 0 radical (unpaired) electrons. The third-order valence-corrected chi connectivity index (χ3v) is 4.46. The van der Waals surface area contributed by atoms with Gasteiger partial charge in [-0.15, -0.1) is 23.1 Å². The lowest BCUT2D eigenvalue weighted by molar-refractivity contribution is 0.0989. The van der Waals surface area contributed by atoms with E-state index in [9.17, 15) is 4.79 Å². The molecule has 0 saturated heterocycles. The first-order chi connectivity index (χ1) is 9.28. The van der Waals surface area contributed by atoms with Crippen molar-refractivity contribution in [3.63, 3.8) is 0 Å². The summed E-state index contributed by atoms with van der Waals surface area (Å²) in [5.41, 5.74) is 1.61. The van der Waals surface area contributed by atoms with Crippen LogP contribution in [0.3, 0.4) is 0 Å². The van der Waals surface area contributed by atoms with E-state index in [2.05, 4.69) is 4.98 Å². The standard InChI is InChI=1S/C14H12N2OS2/c1-18-13-5-3-2-4-11(13)12(17)8-10-9-16-6-7-19-14(16)15-10/h2-7,9H,8H2,1H3. The zero-order chi connectivity index (χ0) is 13.2. The minimum absolute atomic E-state index is 0.121. The van der Waals surface area contributed by atoms with E-state index in [1.807, 2.05) is 52.7 Å². The number of carbonyl (C=O) groups excluding carboxylic acids is 1. The molecule has 2 aromatic heterocycles. The first-order valence-corrected chi connectivity index (χ1v) is 7.95. The van der Waals surface area contributed by atoms with E-state index >= 15 is 0 Å². The van der Waals surface area contributed by atoms with Crippen molar-refractivity contribution in [2.75, 3.05) is 6.26 Å². The monoisotopic (exact) mass is 288 g/mol. The van der Waals surface area contributed by atoms with Crippen molar-refractivity contribution in [1.82, 2.24) is 9.38 Å². The minimum atomic E-state index is 0.121. The predicted octanol–water partition coefficient (Wildman–Crippen LogP) is 3.54. The molecule has 3 nitrogen and oxygen atoms in total. The number of imidazole rings is 1. The summed E-state index contributed by atoms with van der Waals surface area (Å²) < 4.78 is 1.95. The van der Waals surface area contributed by atoms with Gasteiger partial charge in [-0.25, -0.2) is 4.98 Å². The number of hydrogen-bond acceptors (Lipinski definition) is 4. The highest BCUT2D eigenvalue weighted by molar-refractivity contribution is 7.98. The van der Waals surface area contributed by atoms with Crippen LogP contribution in [-0.4, -0.2) is 21.4 Å². The molecule has 0 aliphatic heterocycles. The molecule has 1 aromatic carbocycles. The molecule has 2 heterocycles. The largest absolute Gasteiger partial charge is 0.297 e. The summed E-state index contributed by atoms with van der Waals surface area (Å²) in [4.78, 5) is 18.7. The van der Waals surface area contributed by atoms with Crippen LogP contribution in [0.2, 0.25) is 0 Å². The summed E-state index contributed by atoms with van der Waals surface area (Å²) in [5, 5.41) is 1.98. The molecule has 0 unspecified atom stereocenters. The summed E-state index contributed by atoms with van der Waals surface area (Å²) in [6.45, 7) is 0. The molecule has 0 saturated carbocycles. The summed E-state index contributed by atoms with van der Waals surface area (Å²) >= 11 is 3.17. The van der Waals surface area contributed by atoms with Gasteiger partial charge in [-0.1, -0.05) is 18.2 Å². The van der Waals surface area contributed by atoms with Crippen LogP contribution in [0, 0.1) is 0 Å². The van der Waals surface area contributed by atoms with Crippen molar-refractivity contribution in [2.45, 2.75) is 11.3 Å². The molecule has 0 amide bonds. The Morgan fingerprint density at radius 1 is 1.42 bits per heavy atom. The highest BCUT2D eigenvalue weighted by Gasteiger charge is 2.13. The van der Waals surface area contributed by atoms with Crippen molar-refractivity contribution >= 4 is 33.8 Å². The van der Waals surface area contributed by atoms with E-state index in [0.717, 1.165) is 21.1 Å². The third-order valence-electron chi connectivity index (χ3n) is 2.89. The fourth-order valence-electron chi connectivity index (χ4n) is 2.00. The number of hydrogen-bond donors (Lipinski definition) is 0. The van der Waals surface area contributed by atoms with Crippen LogP contribution in [0.15, 0.2) is 46.9 Å². The lowest BCUT2D eigenvalue weighted by Crippen LogP contribution is -2.05. The molecule has 19 heavy (non-hydrogen) atoms. The van der Waals surface area contributed by atoms with E-state index in [1.165, 1.54) is 0 Å². The third kappa shape index (κ3) is 2.43. The number of thiazole rings is 1. The number of nitrogens with zero attached hydrogens (tertiary/aromatic N) is 2. The fourth-order valence-corrected chi connectivity index (χ4v) is 3.33. The average molecular weight is 288 g/mol. The highest BCUT2D eigenvalue weighted by Crippen LogP contribution is 2.21. The first-order valence-electron chi connectivity index (χ1n) is 5.85. The van der Waals surface area contributed by atoms with Crippen molar-refractivity contribution < 1.29 is 4.79 Å². The second kappa shape index (κ2) is 5.19. The van der Waals surface area contributed by atoms with Gasteiger partial charge in [0.1, 0.15) is 0 Å². The van der Waals surface area contributed by atoms with E-state index in [1.54, 1.807) is 23.1 Å². The normalized spacial score (nSPS) is 11.0. The van der Waals surface area contributed by atoms with Gasteiger partial charge in [0.05, 0.1) is 12.1 Å². The Labute approximate surface area is 119 Å².